The average Bonchev–Trinajstić information content (AvgIpc) is 2.60. The number of aryl methyl sites for hydroxylation is 2. The minimum atomic E-state index is 0.0799. The van der Waals surface area contributed by atoms with Crippen LogP contribution in [0.3, 0.4) is 0 Å². The lowest BCUT2D eigenvalue weighted by Gasteiger charge is -2.00. The maximum atomic E-state index is 11.7. The Labute approximate surface area is 95.7 Å². The summed E-state index contributed by atoms with van der Waals surface area (Å²) in [6, 6.07) is 2.02. The van der Waals surface area contributed by atoms with Crippen LogP contribution in [0, 0.1) is 6.92 Å². The van der Waals surface area contributed by atoms with E-state index >= 15 is 0 Å². The third-order valence-electron chi connectivity index (χ3n) is 2.44. The Morgan fingerprint density at radius 3 is 2.73 bits per heavy atom. The van der Waals surface area contributed by atoms with E-state index in [1.807, 2.05) is 6.07 Å². The molecule has 1 rings (SSSR count). The second-order valence-corrected chi connectivity index (χ2v) is 4.91. The van der Waals surface area contributed by atoms with E-state index in [4.69, 9.17) is 0 Å². The van der Waals surface area contributed by atoms with Crippen LogP contribution in [-0.4, -0.2) is 12.5 Å². The van der Waals surface area contributed by atoms with Crippen LogP contribution < -0.4 is 5.32 Å². The highest BCUT2D eigenvalue weighted by Gasteiger charge is 2.10. The van der Waals surface area contributed by atoms with Crippen LogP contribution in [0.2, 0.25) is 0 Å². The maximum absolute atomic E-state index is 11.7. The summed E-state index contributed by atoms with van der Waals surface area (Å²) in [5.41, 5.74) is 1.29. The Hall–Kier alpha value is -0.830. The normalized spacial score (nSPS) is 10.3. The molecule has 0 aromatic carbocycles. The highest BCUT2D eigenvalue weighted by Crippen LogP contribution is 2.21. The molecule has 2 nitrogen and oxygen atoms in total. The maximum Gasteiger partial charge on any atom is 0.261 e. The first-order chi connectivity index (χ1) is 7.19. The number of amides is 1. The monoisotopic (exact) mass is 225 g/mol. The molecule has 3 heteroatoms. The molecule has 0 atom stereocenters. The first kappa shape index (κ1) is 12.2. The Balaban J connectivity index is 2.58. The minimum Gasteiger partial charge on any atom is -0.351 e. The number of rotatable bonds is 5. The predicted molar refractivity (Wildman–Crippen MR) is 65.7 cm³/mol. The van der Waals surface area contributed by atoms with Crippen molar-refractivity contribution in [3.8, 4) is 0 Å². The van der Waals surface area contributed by atoms with Crippen LogP contribution in [0.15, 0.2) is 6.07 Å². The minimum absolute atomic E-state index is 0.0799. The molecular formula is C12H19NOS. The van der Waals surface area contributed by atoms with Crippen LogP contribution in [-0.2, 0) is 6.42 Å². The second-order valence-electron chi connectivity index (χ2n) is 3.66. The Morgan fingerprint density at radius 1 is 1.47 bits per heavy atom. The predicted octanol–water partition coefficient (Wildman–Crippen LogP) is 3.15. The lowest BCUT2D eigenvalue weighted by Crippen LogP contribution is -2.23. The van der Waals surface area contributed by atoms with E-state index in [9.17, 15) is 4.79 Å². The summed E-state index contributed by atoms with van der Waals surface area (Å²) >= 11 is 1.59. The average molecular weight is 225 g/mol. The molecule has 1 heterocycles. The van der Waals surface area contributed by atoms with Gasteiger partial charge in [-0.25, -0.2) is 0 Å². The molecule has 0 saturated heterocycles. The van der Waals surface area contributed by atoms with Crippen LogP contribution in [0.25, 0.3) is 0 Å². The third-order valence-corrected chi connectivity index (χ3v) is 3.53. The summed E-state index contributed by atoms with van der Waals surface area (Å²) in [7, 11) is 0. The lowest BCUT2D eigenvalue weighted by atomic mass is 10.2. The van der Waals surface area contributed by atoms with Gasteiger partial charge in [0.2, 0.25) is 0 Å². The molecule has 0 bridgehead atoms. The molecule has 0 unspecified atom stereocenters. The van der Waals surface area contributed by atoms with Crippen LogP contribution in [0.5, 0.6) is 0 Å². The second kappa shape index (κ2) is 5.91. The summed E-state index contributed by atoms with van der Waals surface area (Å²) in [6.07, 6.45) is 3.17. The van der Waals surface area contributed by atoms with Crippen molar-refractivity contribution in [3.05, 3.63) is 21.4 Å². The van der Waals surface area contributed by atoms with Gasteiger partial charge in [-0.05, 0) is 31.4 Å². The summed E-state index contributed by atoms with van der Waals surface area (Å²) in [6.45, 7) is 7.10. The summed E-state index contributed by atoms with van der Waals surface area (Å²) in [5.74, 6) is 0.0799. The Morgan fingerprint density at radius 2 is 2.20 bits per heavy atom. The number of hydrogen-bond donors (Lipinski definition) is 1. The number of carbonyl (C=O) groups excluding carboxylic acids is 1. The van der Waals surface area contributed by atoms with Crippen molar-refractivity contribution >= 4 is 17.2 Å². The fourth-order valence-electron chi connectivity index (χ4n) is 1.45. The van der Waals surface area contributed by atoms with Crippen molar-refractivity contribution in [3.63, 3.8) is 0 Å². The van der Waals surface area contributed by atoms with E-state index in [1.54, 1.807) is 11.3 Å². The van der Waals surface area contributed by atoms with Gasteiger partial charge in [0.1, 0.15) is 0 Å². The number of carbonyl (C=O) groups is 1. The first-order valence-corrected chi connectivity index (χ1v) is 6.38. The molecule has 0 spiro atoms. The molecule has 0 saturated carbocycles. The quantitative estimate of drug-likeness (QED) is 0.766. The van der Waals surface area contributed by atoms with Crippen molar-refractivity contribution in [2.24, 2.45) is 0 Å². The van der Waals surface area contributed by atoms with Gasteiger partial charge in [0.15, 0.2) is 0 Å². The zero-order valence-corrected chi connectivity index (χ0v) is 10.5. The molecule has 1 amide bonds. The Kier molecular flexibility index (Phi) is 4.82. The van der Waals surface area contributed by atoms with E-state index in [0.29, 0.717) is 0 Å². The largest absolute Gasteiger partial charge is 0.351 e. The van der Waals surface area contributed by atoms with Crippen molar-refractivity contribution in [1.82, 2.24) is 5.32 Å². The van der Waals surface area contributed by atoms with E-state index in [-0.39, 0.29) is 5.91 Å². The highest BCUT2D eigenvalue weighted by atomic mass is 32.1. The molecule has 1 aromatic heterocycles. The molecule has 0 aliphatic carbocycles. The van der Waals surface area contributed by atoms with Crippen LogP contribution in [0.4, 0.5) is 0 Å². The molecule has 0 radical (unpaired) electrons. The van der Waals surface area contributed by atoms with Gasteiger partial charge in [-0.1, -0.05) is 20.3 Å². The molecule has 84 valence electrons. The summed E-state index contributed by atoms with van der Waals surface area (Å²) in [5, 5.41) is 2.94. The van der Waals surface area contributed by atoms with Gasteiger partial charge in [0.05, 0.1) is 4.88 Å². The third kappa shape index (κ3) is 3.34. The van der Waals surface area contributed by atoms with Crippen LogP contribution >= 0.6 is 11.3 Å². The molecular weight excluding hydrogens is 206 g/mol. The molecule has 1 aromatic rings. The molecule has 0 aliphatic rings. The van der Waals surface area contributed by atoms with Crippen LogP contribution in [0.1, 0.15) is 46.8 Å². The van der Waals surface area contributed by atoms with Gasteiger partial charge in [-0.3, -0.25) is 4.79 Å². The summed E-state index contributed by atoms with van der Waals surface area (Å²) in [4.78, 5) is 13.8. The molecule has 15 heavy (non-hydrogen) atoms. The summed E-state index contributed by atoms with van der Waals surface area (Å²) < 4.78 is 0. The van der Waals surface area contributed by atoms with Gasteiger partial charge < -0.3 is 5.32 Å². The number of hydrogen-bond acceptors (Lipinski definition) is 2. The standard InChI is InChI=1S/C12H19NOS/c1-4-6-7-13-12(14)11-8-10(5-2)9(3)15-11/h8H,4-7H2,1-3H3,(H,13,14). The topological polar surface area (TPSA) is 29.1 Å². The molecule has 1 N–H and O–H groups in total. The fraction of sp³-hybridized carbons (Fsp3) is 0.583. The number of unbranched alkanes of at least 4 members (excludes halogenated alkanes) is 1. The molecule has 0 fully saturated rings. The van der Waals surface area contributed by atoms with E-state index in [2.05, 4.69) is 26.1 Å². The molecule has 0 aliphatic heterocycles. The fourth-order valence-corrected chi connectivity index (χ4v) is 2.48. The van der Waals surface area contributed by atoms with Crippen molar-refractivity contribution in [2.75, 3.05) is 6.54 Å². The first-order valence-electron chi connectivity index (χ1n) is 5.56. The highest BCUT2D eigenvalue weighted by molar-refractivity contribution is 7.14. The smallest absolute Gasteiger partial charge is 0.261 e. The zero-order valence-electron chi connectivity index (χ0n) is 9.72. The SMILES string of the molecule is CCCCNC(=O)c1cc(CC)c(C)s1. The number of nitrogens with one attached hydrogen (secondary N) is 1. The Bertz CT molecular complexity index is 330. The van der Waals surface area contributed by atoms with Crippen molar-refractivity contribution < 1.29 is 4.79 Å². The lowest BCUT2D eigenvalue weighted by molar-refractivity contribution is 0.0957. The van der Waals surface area contributed by atoms with E-state index < -0.39 is 0 Å². The van der Waals surface area contributed by atoms with E-state index in [0.717, 1.165) is 30.7 Å². The van der Waals surface area contributed by atoms with E-state index in [1.165, 1.54) is 10.4 Å². The van der Waals surface area contributed by atoms with Crippen molar-refractivity contribution in [2.45, 2.75) is 40.0 Å². The van der Waals surface area contributed by atoms with Gasteiger partial charge in [0, 0.05) is 11.4 Å². The number of thiophene rings is 1. The van der Waals surface area contributed by atoms with Gasteiger partial charge in [-0.2, -0.15) is 0 Å². The van der Waals surface area contributed by atoms with Crippen molar-refractivity contribution in [1.29, 1.82) is 0 Å². The van der Waals surface area contributed by atoms with Gasteiger partial charge >= 0.3 is 0 Å². The zero-order chi connectivity index (χ0) is 11.3. The van der Waals surface area contributed by atoms with Gasteiger partial charge in [-0.15, -0.1) is 11.3 Å². The van der Waals surface area contributed by atoms with Gasteiger partial charge in [0.25, 0.3) is 5.91 Å².